The van der Waals surface area contributed by atoms with Gasteiger partial charge < -0.3 is 5.32 Å². The minimum Gasteiger partial charge on any atom is -0.343 e. The van der Waals surface area contributed by atoms with Crippen molar-refractivity contribution in [1.82, 2.24) is 9.97 Å². The summed E-state index contributed by atoms with van der Waals surface area (Å²) in [6, 6.07) is -0.112. The highest BCUT2D eigenvalue weighted by Crippen LogP contribution is 2.21. The van der Waals surface area contributed by atoms with Crippen LogP contribution in [-0.2, 0) is 0 Å². The van der Waals surface area contributed by atoms with E-state index in [1.54, 1.807) is 0 Å². The van der Waals surface area contributed by atoms with Crippen molar-refractivity contribution in [3.8, 4) is 0 Å². The predicted octanol–water partition coefficient (Wildman–Crippen LogP) is 1.84. The van der Waals surface area contributed by atoms with Gasteiger partial charge in [-0.15, -0.1) is 0 Å². The van der Waals surface area contributed by atoms with E-state index in [1.165, 1.54) is 18.5 Å². The van der Waals surface area contributed by atoms with Crippen LogP contribution in [0.15, 0.2) is 18.5 Å². The smallest absolute Gasteiger partial charge is 0.343 e. The Hall–Kier alpha value is -1.33. The molecule has 0 aliphatic heterocycles. The van der Waals surface area contributed by atoms with E-state index in [2.05, 4.69) is 15.3 Å². The van der Waals surface area contributed by atoms with Crippen molar-refractivity contribution >= 4 is 5.95 Å². The average molecular weight is 191 g/mol. The molecule has 72 valence electrons. The Balaban J connectivity index is 2.61. The number of halogens is 3. The van der Waals surface area contributed by atoms with Gasteiger partial charge in [0.05, 0.1) is 0 Å². The van der Waals surface area contributed by atoms with Crippen LogP contribution in [0.1, 0.15) is 6.92 Å². The van der Waals surface area contributed by atoms with Crippen molar-refractivity contribution in [1.29, 1.82) is 0 Å². The molecule has 1 N–H and O–H groups in total. The van der Waals surface area contributed by atoms with Gasteiger partial charge in [-0.3, -0.25) is 0 Å². The zero-order valence-electron chi connectivity index (χ0n) is 6.84. The normalized spacial score (nSPS) is 13.8. The highest BCUT2D eigenvalue weighted by atomic mass is 19.4. The van der Waals surface area contributed by atoms with Gasteiger partial charge in [0.1, 0.15) is 6.04 Å². The summed E-state index contributed by atoms with van der Waals surface area (Å²) in [5.41, 5.74) is 0. The van der Waals surface area contributed by atoms with E-state index in [-0.39, 0.29) is 5.95 Å². The molecule has 0 spiro atoms. The second-order valence-electron chi connectivity index (χ2n) is 2.48. The zero-order chi connectivity index (χ0) is 9.90. The molecule has 0 aromatic carbocycles. The summed E-state index contributed by atoms with van der Waals surface area (Å²) in [5.74, 6) is -0.0210. The Labute approximate surface area is 73.0 Å². The van der Waals surface area contributed by atoms with E-state index in [0.717, 1.165) is 6.92 Å². The van der Waals surface area contributed by atoms with Gasteiger partial charge in [-0.05, 0) is 13.0 Å². The van der Waals surface area contributed by atoms with Crippen LogP contribution in [0.25, 0.3) is 0 Å². The second-order valence-corrected chi connectivity index (χ2v) is 2.48. The number of hydrogen-bond acceptors (Lipinski definition) is 3. The molecule has 6 heteroatoms. The lowest BCUT2D eigenvalue weighted by molar-refractivity contribution is -0.138. The van der Waals surface area contributed by atoms with Gasteiger partial charge in [0.25, 0.3) is 0 Å². The van der Waals surface area contributed by atoms with E-state index < -0.39 is 12.2 Å². The first-order chi connectivity index (χ1) is 6.00. The molecule has 0 bridgehead atoms. The van der Waals surface area contributed by atoms with Crippen molar-refractivity contribution in [2.24, 2.45) is 0 Å². The predicted molar refractivity (Wildman–Crippen MR) is 41.2 cm³/mol. The highest BCUT2D eigenvalue weighted by molar-refractivity contribution is 5.24. The molecule has 13 heavy (non-hydrogen) atoms. The molecule has 1 aromatic rings. The average Bonchev–Trinajstić information content (AvgIpc) is 2.04. The van der Waals surface area contributed by atoms with Crippen molar-refractivity contribution in [2.45, 2.75) is 19.1 Å². The molecule has 0 aliphatic carbocycles. The maximum Gasteiger partial charge on any atom is 0.408 e. The van der Waals surface area contributed by atoms with E-state index in [1.807, 2.05) is 0 Å². The van der Waals surface area contributed by atoms with Crippen molar-refractivity contribution in [3.63, 3.8) is 0 Å². The second kappa shape index (κ2) is 3.59. The molecule has 0 saturated carbocycles. The molecule has 1 unspecified atom stereocenters. The van der Waals surface area contributed by atoms with Gasteiger partial charge >= 0.3 is 6.18 Å². The number of nitrogens with one attached hydrogen (secondary N) is 1. The fourth-order valence-electron chi connectivity index (χ4n) is 0.649. The van der Waals surface area contributed by atoms with Crippen LogP contribution >= 0.6 is 0 Å². The van der Waals surface area contributed by atoms with E-state index in [4.69, 9.17) is 0 Å². The largest absolute Gasteiger partial charge is 0.408 e. The number of rotatable bonds is 2. The molecule has 1 heterocycles. The standard InChI is InChI=1S/C7H8F3N3/c1-5(7(8,9)10)13-6-11-3-2-4-12-6/h2-5H,1H3,(H,11,12,13). The molecular weight excluding hydrogens is 183 g/mol. The van der Waals surface area contributed by atoms with Gasteiger partial charge in [0, 0.05) is 12.4 Å². The summed E-state index contributed by atoms with van der Waals surface area (Å²) in [7, 11) is 0. The van der Waals surface area contributed by atoms with Gasteiger partial charge in [0.2, 0.25) is 5.95 Å². The topological polar surface area (TPSA) is 37.8 Å². The van der Waals surface area contributed by atoms with Crippen LogP contribution in [0.5, 0.6) is 0 Å². The van der Waals surface area contributed by atoms with Crippen LogP contribution in [0.3, 0.4) is 0 Å². The fraction of sp³-hybridized carbons (Fsp3) is 0.429. The van der Waals surface area contributed by atoms with Gasteiger partial charge in [-0.25, -0.2) is 9.97 Å². The number of anilines is 1. The Morgan fingerprint density at radius 2 is 1.85 bits per heavy atom. The summed E-state index contributed by atoms with van der Waals surface area (Å²) in [6.07, 6.45) is -1.53. The van der Waals surface area contributed by atoms with Gasteiger partial charge in [0.15, 0.2) is 0 Å². The third-order valence-corrected chi connectivity index (χ3v) is 1.40. The van der Waals surface area contributed by atoms with Crippen LogP contribution in [0.2, 0.25) is 0 Å². The minimum atomic E-state index is -4.28. The quantitative estimate of drug-likeness (QED) is 0.775. The third kappa shape index (κ3) is 2.89. The Bertz CT molecular complexity index is 259. The third-order valence-electron chi connectivity index (χ3n) is 1.40. The van der Waals surface area contributed by atoms with Crippen molar-refractivity contribution in [2.75, 3.05) is 5.32 Å². The monoisotopic (exact) mass is 191 g/mol. The number of alkyl halides is 3. The summed E-state index contributed by atoms with van der Waals surface area (Å²) in [5, 5.41) is 2.13. The van der Waals surface area contributed by atoms with E-state index in [0.29, 0.717) is 0 Å². The van der Waals surface area contributed by atoms with Crippen molar-refractivity contribution in [3.05, 3.63) is 18.5 Å². The fourth-order valence-corrected chi connectivity index (χ4v) is 0.649. The maximum atomic E-state index is 12.0. The van der Waals surface area contributed by atoms with Crippen LogP contribution in [0.4, 0.5) is 19.1 Å². The molecule has 0 fully saturated rings. The lowest BCUT2D eigenvalue weighted by Crippen LogP contribution is -2.33. The molecule has 0 saturated heterocycles. The van der Waals surface area contributed by atoms with E-state index in [9.17, 15) is 13.2 Å². The summed E-state index contributed by atoms with van der Waals surface area (Å²) >= 11 is 0. The van der Waals surface area contributed by atoms with Crippen LogP contribution in [0, 0.1) is 0 Å². The number of nitrogens with zero attached hydrogens (tertiary/aromatic N) is 2. The molecule has 3 nitrogen and oxygen atoms in total. The number of aromatic nitrogens is 2. The molecule has 1 rings (SSSR count). The number of hydrogen-bond donors (Lipinski definition) is 1. The minimum absolute atomic E-state index is 0.0210. The first-order valence-electron chi connectivity index (χ1n) is 3.60. The van der Waals surface area contributed by atoms with Crippen molar-refractivity contribution < 1.29 is 13.2 Å². The first-order valence-corrected chi connectivity index (χ1v) is 3.60. The summed E-state index contributed by atoms with van der Waals surface area (Å²) < 4.78 is 36.1. The van der Waals surface area contributed by atoms with Gasteiger partial charge in [-0.1, -0.05) is 0 Å². The first kappa shape index (κ1) is 9.76. The summed E-state index contributed by atoms with van der Waals surface area (Å²) in [6.45, 7) is 1.01. The molecule has 0 radical (unpaired) electrons. The Morgan fingerprint density at radius 1 is 1.31 bits per heavy atom. The maximum absolute atomic E-state index is 12.0. The van der Waals surface area contributed by atoms with Crippen LogP contribution in [-0.4, -0.2) is 22.2 Å². The highest BCUT2D eigenvalue weighted by Gasteiger charge is 2.36. The molecular formula is C7H8F3N3. The van der Waals surface area contributed by atoms with Crippen LogP contribution < -0.4 is 5.32 Å². The Kier molecular flexibility index (Phi) is 2.69. The molecule has 0 amide bonds. The lowest BCUT2D eigenvalue weighted by atomic mass is 10.3. The molecule has 1 aromatic heterocycles. The molecule has 1 atom stereocenters. The lowest BCUT2D eigenvalue weighted by Gasteiger charge is -2.16. The summed E-state index contributed by atoms with van der Waals surface area (Å²) in [4.78, 5) is 7.22. The molecule has 0 aliphatic rings. The van der Waals surface area contributed by atoms with Gasteiger partial charge in [-0.2, -0.15) is 13.2 Å². The Morgan fingerprint density at radius 3 is 2.31 bits per heavy atom. The zero-order valence-corrected chi connectivity index (χ0v) is 6.84. The van der Waals surface area contributed by atoms with E-state index >= 15 is 0 Å². The SMILES string of the molecule is CC(Nc1ncccn1)C(F)(F)F.